The summed E-state index contributed by atoms with van der Waals surface area (Å²) in [6.45, 7) is 0. The van der Waals surface area contributed by atoms with Gasteiger partial charge in [0.25, 0.3) is 5.91 Å². The molecule has 2 N–H and O–H groups in total. The van der Waals surface area contributed by atoms with E-state index in [1.807, 2.05) is 6.07 Å². The summed E-state index contributed by atoms with van der Waals surface area (Å²) in [4.78, 5) is 27.9. The number of hydrogen-bond acceptors (Lipinski definition) is 4. The molecule has 0 radical (unpaired) electrons. The number of aryl methyl sites for hydroxylation is 1. The molecule has 1 aromatic carbocycles. The van der Waals surface area contributed by atoms with Gasteiger partial charge in [0, 0.05) is 12.4 Å². The number of nitrogens with zero attached hydrogens (tertiary/aromatic N) is 3. The average Bonchev–Trinajstić information content (AvgIpc) is 3.18. The lowest BCUT2D eigenvalue weighted by atomic mass is 10.0. The fraction of sp³-hybridized carbons (Fsp3) is 0.176. The SMILES string of the molecule is O=C(O)c1ccc2c(c1)C(NC(=O)c1cnn3cccnc13)CC2. The molecule has 1 aliphatic rings. The first-order valence-corrected chi connectivity index (χ1v) is 7.59. The number of rotatable bonds is 3. The van der Waals surface area contributed by atoms with Crippen LogP contribution in [0.3, 0.4) is 0 Å². The number of carbonyl (C=O) groups excluding carboxylic acids is 1. The molecule has 0 bridgehead atoms. The number of aromatic nitrogens is 3. The van der Waals surface area contributed by atoms with Gasteiger partial charge in [-0.1, -0.05) is 6.07 Å². The molecule has 3 aromatic rings. The highest BCUT2D eigenvalue weighted by atomic mass is 16.4. The molecule has 4 rings (SSSR count). The molecule has 0 saturated carbocycles. The summed E-state index contributed by atoms with van der Waals surface area (Å²) in [6.07, 6.45) is 6.38. The van der Waals surface area contributed by atoms with Crippen LogP contribution in [0.2, 0.25) is 0 Å². The van der Waals surface area contributed by atoms with E-state index in [9.17, 15) is 9.59 Å². The Balaban J connectivity index is 1.62. The Bertz CT molecular complexity index is 963. The first-order valence-electron chi connectivity index (χ1n) is 7.59. The van der Waals surface area contributed by atoms with Gasteiger partial charge >= 0.3 is 5.97 Å². The molecule has 1 atom stereocenters. The van der Waals surface area contributed by atoms with Crippen molar-refractivity contribution < 1.29 is 14.7 Å². The number of aromatic carboxylic acids is 1. The number of carboxylic acid groups (broad SMARTS) is 1. The van der Waals surface area contributed by atoms with E-state index in [1.54, 1.807) is 35.1 Å². The van der Waals surface area contributed by atoms with Gasteiger partial charge < -0.3 is 10.4 Å². The molecule has 0 aliphatic heterocycles. The fourth-order valence-corrected chi connectivity index (χ4v) is 3.11. The first kappa shape index (κ1) is 14.4. The number of fused-ring (bicyclic) bond motifs is 2. The molecule has 1 unspecified atom stereocenters. The van der Waals surface area contributed by atoms with Crippen LogP contribution in [0.1, 0.15) is 44.3 Å². The van der Waals surface area contributed by atoms with Gasteiger partial charge in [-0.2, -0.15) is 5.10 Å². The standard InChI is InChI=1S/C17H14N4O3/c22-16(13-9-19-21-7-1-6-18-15(13)21)20-14-5-4-10-2-3-11(17(23)24)8-12(10)14/h1-3,6-9,14H,4-5H2,(H,20,22)(H,23,24). The molecule has 7 nitrogen and oxygen atoms in total. The summed E-state index contributed by atoms with van der Waals surface area (Å²) in [6, 6.07) is 6.60. The molecule has 0 fully saturated rings. The lowest BCUT2D eigenvalue weighted by molar-refractivity contribution is 0.0696. The summed E-state index contributed by atoms with van der Waals surface area (Å²) in [5.41, 5.74) is 3.06. The second kappa shape index (κ2) is 5.45. The zero-order chi connectivity index (χ0) is 16.7. The third-order valence-electron chi connectivity index (χ3n) is 4.30. The molecule has 120 valence electrons. The highest BCUT2D eigenvalue weighted by Crippen LogP contribution is 2.32. The highest BCUT2D eigenvalue weighted by molar-refractivity contribution is 5.99. The van der Waals surface area contributed by atoms with Crippen LogP contribution >= 0.6 is 0 Å². The summed E-state index contributed by atoms with van der Waals surface area (Å²) in [7, 11) is 0. The highest BCUT2D eigenvalue weighted by Gasteiger charge is 2.26. The van der Waals surface area contributed by atoms with E-state index in [1.165, 1.54) is 6.20 Å². The van der Waals surface area contributed by atoms with Crippen LogP contribution in [0.15, 0.2) is 42.9 Å². The number of hydrogen-bond donors (Lipinski definition) is 2. The van der Waals surface area contributed by atoms with E-state index in [4.69, 9.17) is 5.11 Å². The number of amides is 1. The van der Waals surface area contributed by atoms with Gasteiger partial charge in [-0.15, -0.1) is 0 Å². The smallest absolute Gasteiger partial charge is 0.335 e. The second-order valence-corrected chi connectivity index (χ2v) is 5.73. The van der Waals surface area contributed by atoms with E-state index in [-0.39, 0.29) is 17.5 Å². The van der Waals surface area contributed by atoms with Gasteiger partial charge in [0.2, 0.25) is 0 Å². The maximum atomic E-state index is 12.6. The van der Waals surface area contributed by atoms with Gasteiger partial charge in [-0.3, -0.25) is 4.79 Å². The minimum Gasteiger partial charge on any atom is -0.478 e. The number of benzene rings is 1. The van der Waals surface area contributed by atoms with Crippen LogP contribution in [0, 0.1) is 0 Å². The Hall–Kier alpha value is -3.22. The van der Waals surface area contributed by atoms with Crippen LogP contribution in [0.5, 0.6) is 0 Å². The number of carboxylic acids is 1. The zero-order valence-corrected chi connectivity index (χ0v) is 12.6. The predicted molar refractivity (Wildman–Crippen MR) is 84.9 cm³/mol. The van der Waals surface area contributed by atoms with Crippen molar-refractivity contribution in [1.82, 2.24) is 19.9 Å². The van der Waals surface area contributed by atoms with Crippen LogP contribution < -0.4 is 5.32 Å². The largest absolute Gasteiger partial charge is 0.478 e. The van der Waals surface area contributed by atoms with Gasteiger partial charge in [-0.05, 0) is 42.2 Å². The van der Waals surface area contributed by atoms with Crippen LogP contribution in [-0.2, 0) is 6.42 Å². The number of nitrogens with one attached hydrogen (secondary N) is 1. The molecule has 0 spiro atoms. The average molecular weight is 322 g/mol. The molecular formula is C17H14N4O3. The second-order valence-electron chi connectivity index (χ2n) is 5.73. The topological polar surface area (TPSA) is 96.6 Å². The summed E-state index contributed by atoms with van der Waals surface area (Å²) in [5, 5.41) is 16.2. The Morgan fingerprint density at radius 1 is 1.33 bits per heavy atom. The number of carbonyl (C=O) groups is 2. The normalized spacial score (nSPS) is 16.1. The minimum absolute atomic E-state index is 0.203. The fourth-order valence-electron chi connectivity index (χ4n) is 3.11. The Morgan fingerprint density at radius 2 is 2.21 bits per heavy atom. The Morgan fingerprint density at radius 3 is 3.04 bits per heavy atom. The molecule has 1 aliphatic carbocycles. The summed E-state index contributed by atoms with van der Waals surface area (Å²) in [5.74, 6) is -1.23. The van der Waals surface area contributed by atoms with Crippen molar-refractivity contribution in [3.8, 4) is 0 Å². The van der Waals surface area contributed by atoms with Crippen LogP contribution in [0.4, 0.5) is 0 Å². The van der Waals surface area contributed by atoms with Crippen molar-refractivity contribution in [2.45, 2.75) is 18.9 Å². The molecular weight excluding hydrogens is 308 g/mol. The van der Waals surface area contributed by atoms with Crippen LogP contribution in [-0.4, -0.2) is 31.6 Å². The van der Waals surface area contributed by atoms with Gasteiger partial charge in [0.1, 0.15) is 5.56 Å². The minimum atomic E-state index is -0.971. The summed E-state index contributed by atoms with van der Waals surface area (Å²) >= 11 is 0. The first-order chi connectivity index (χ1) is 11.6. The van der Waals surface area contributed by atoms with Crippen molar-refractivity contribution in [3.05, 3.63) is 65.1 Å². The van der Waals surface area contributed by atoms with Crippen molar-refractivity contribution in [3.63, 3.8) is 0 Å². The maximum absolute atomic E-state index is 12.6. The summed E-state index contributed by atoms with van der Waals surface area (Å²) < 4.78 is 1.54. The van der Waals surface area contributed by atoms with Crippen molar-refractivity contribution in [2.24, 2.45) is 0 Å². The van der Waals surface area contributed by atoms with E-state index in [0.29, 0.717) is 11.2 Å². The van der Waals surface area contributed by atoms with Crippen molar-refractivity contribution in [2.75, 3.05) is 0 Å². The molecule has 7 heteroatoms. The van der Waals surface area contributed by atoms with Gasteiger partial charge in [0.15, 0.2) is 5.65 Å². The molecule has 24 heavy (non-hydrogen) atoms. The predicted octanol–water partition coefficient (Wildman–Crippen LogP) is 1.84. The maximum Gasteiger partial charge on any atom is 0.335 e. The van der Waals surface area contributed by atoms with Crippen molar-refractivity contribution in [1.29, 1.82) is 0 Å². The lowest BCUT2D eigenvalue weighted by Crippen LogP contribution is -2.27. The monoisotopic (exact) mass is 322 g/mol. The van der Waals surface area contributed by atoms with E-state index in [0.717, 1.165) is 24.0 Å². The van der Waals surface area contributed by atoms with Crippen molar-refractivity contribution >= 4 is 17.5 Å². The molecule has 2 heterocycles. The third-order valence-corrected chi connectivity index (χ3v) is 4.30. The van der Waals surface area contributed by atoms with E-state index < -0.39 is 5.97 Å². The zero-order valence-electron chi connectivity index (χ0n) is 12.6. The molecule has 0 saturated heterocycles. The lowest BCUT2D eigenvalue weighted by Gasteiger charge is -2.14. The van der Waals surface area contributed by atoms with Gasteiger partial charge in [-0.25, -0.2) is 14.3 Å². The third kappa shape index (κ3) is 2.30. The van der Waals surface area contributed by atoms with Gasteiger partial charge in [0.05, 0.1) is 17.8 Å². The van der Waals surface area contributed by atoms with E-state index in [2.05, 4.69) is 15.4 Å². The Labute approximate surface area is 137 Å². The van der Waals surface area contributed by atoms with E-state index >= 15 is 0 Å². The molecule has 1 amide bonds. The van der Waals surface area contributed by atoms with Crippen LogP contribution in [0.25, 0.3) is 5.65 Å². The Kier molecular flexibility index (Phi) is 3.26. The molecule has 2 aromatic heterocycles. The quantitative estimate of drug-likeness (QED) is 0.767.